The monoisotopic (exact) mass is 411 g/mol. The first-order chi connectivity index (χ1) is 15.0. The fraction of sp³-hybridized carbons (Fsp3) is 0.0909. The summed E-state index contributed by atoms with van der Waals surface area (Å²) >= 11 is 0. The van der Waals surface area contributed by atoms with Gasteiger partial charge in [0, 0.05) is 37.6 Å². The van der Waals surface area contributed by atoms with Crippen LogP contribution in [0.3, 0.4) is 0 Å². The summed E-state index contributed by atoms with van der Waals surface area (Å²) in [7, 11) is 1.65. The summed E-state index contributed by atoms with van der Waals surface area (Å²) in [5.74, 6) is -0.0484. The summed E-state index contributed by atoms with van der Waals surface area (Å²) < 4.78 is 1.77. The zero-order chi connectivity index (χ0) is 22.0. The van der Waals surface area contributed by atoms with Gasteiger partial charge in [0.05, 0.1) is 29.7 Å². The first-order valence-corrected chi connectivity index (χ1v) is 9.31. The van der Waals surface area contributed by atoms with Crippen molar-refractivity contribution in [2.75, 3.05) is 17.3 Å². The van der Waals surface area contributed by atoms with E-state index in [-0.39, 0.29) is 17.5 Å². The first kappa shape index (κ1) is 19.7. The van der Waals surface area contributed by atoms with Crippen LogP contribution in [0.2, 0.25) is 0 Å². The topological polar surface area (TPSA) is 116 Å². The minimum absolute atomic E-state index is 0.198. The molecule has 0 atom stereocenters. The molecule has 152 valence electrons. The summed E-state index contributed by atoms with van der Waals surface area (Å²) in [4.78, 5) is 38.4. The van der Waals surface area contributed by atoms with Crippen molar-refractivity contribution in [2.45, 2.75) is 6.92 Å². The van der Waals surface area contributed by atoms with E-state index in [1.54, 1.807) is 60.4 Å². The van der Waals surface area contributed by atoms with Crippen molar-refractivity contribution in [3.8, 4) is 17.3 Å². The molecular weight excluding hydrogens is 394 g/mol. The molecule has 0 aliphatic heterocycles. The van der Waals surface area contributed by atoms with Gasteiger partial charge in [-0.05, 0) is 36.4 Å². The lowest BCUT2D eigenvalue weighted by molar-refractivity contribution is -0.114. The second-order valence-corrected chi connectivity index (χ2v) is 6.78. The van der Waals surface area contributed by atoms with Gasteiger partial charge in [-0.3, -0.25) is 14.0 Å². The average molecular weight is 411 g/mol. The van der Waals surface area contributed by atoms with Crippen LogP contribution in [-0.2, 0) is 4.79 Å². The molecule has 3 heterocycles. The number of nitrogens with zero attached hydrogens (tertiary/aromatic N) is 6. The quantitative estimate of drug-likeness (QED) is 0.552. The van der Waals surface area contributed by atoms with Gasteiger partial charge in [-0.1, -0.05) is 0 Å². The maximum absolute atomic E-state index is 13.0. The van der Waals surface area contributed by atoms with E-state index in [1.165, 1.54) is 18.0 Å². The Balaban J connectivity index is 1.65. The third-order valence-electron chi connectivity index (χ3n) is 4.67. The number of anilines is 2. The van der Waals surface area contributed by atoms with Gasteiger partial charge in [0.15, 0.2) is 5.65 Å². The lowest BCUT2D eigenvalue weighted by Gasteiger charge is -2.17. The van der Waals surface area contributed by atoms with Crippen LogP contribution < -0.4 is 10.2 Å². The van der Waals surface area contributed by atoms with Gasteiger partial charge in [0.25, 0.3) is 5.91 Å². The molecule has 31 heavy (non-hydrogen) atoms. The normalized spacial score (nSPS) is 10.5. The molecule has 0 aliphatic rings. The molecule has 0 saturated heterocycles. The number of nitrogens with one attached hydrogen (secondary N) is 1. The maximum Gasteiger partial charge on any atom is 0.278 e. The zero-order valence-corrected chi connectivity index (χ0v) is 16.8. The molecule has 0 unspecified atom stereocenters. The molecule has 0 saturated carbocycles. The van der Waals surface area contributed by atoms with Gasteiger partial charge < -0.3 is 10.2 Å². The fourth-order valence-electron chi connectivity index (χ4n) is 3.06. The summed E-state index contributed by atoms with van der Waals surface area (Å²) in [5, 5.41) is 11.6. The van der Waals surface area contributed by atoms with Gasteiger partial charge >= 0.3 is 0 Å². The highest BCUT2D eigenvalue weighted by Crippen LogP contribution is 2.22. The van der Waals surface area contributed by atoms with E-state index in [1.807, 2.05) is 6.07 Å². The Morgan fingerprint density at radius 3 is 2.45 bits per heavy atom. The highest BCUT2D eigenvalue weighted by atomic mass is 16.2. The average Bonchev–Trinajstić information content (AvgIpc) is 3.21. The highest BCUT2D eigenvalue weighted by Gasteiger charge is 2.17. The molecule has 0 aliphatic carbocycles. The molecule has 1 aromatic carbocycles. The van der Waals surface area contributed by atoms with Crippen molar-refractivity contribution in [2.24, 2.45) is 0 Å². The van der Waals surface area contributed by atoms with Crippen molar-refractivity contribution in [3.63, 3.8) is 0 Å². The standard InChI is InChI=1S/C22H17N7O2/c1-14(30)27-20-8-5-16(10-25-20)19-11-26-21-12-24-18(13-29(19)21)22(31)28(2)17-6-3-15(9-23)4-7-17/h3-8,10-13H,1-2H3,(H,25,27,30). The molecule has 9 nitrogen and oxygen atoms in total. The number of hydrogen-bond donors (Lipinski definition) is 1. The Morgan fingerprint density at radius 1 is 1.03 bits per heavy atom. The molecule has 0 radical (unpaired) electrons. The number of carbonyl (C=O) groups is 2. The number of benzene rings is 1. The van der Waals surface area contributed by atoms with Crippen molar-refractivity contribution in [3.05, 3.63) is 72.4 Å². The van der Waals surface area contributed by atoms with Gasteiger partial charge in [-0.15, -0.1) is 0 Å². The van der Waals surface area contributed by atoms with Crippen LogP contribution in [0.15, 0.2) is 61.2 Å². The Hall–Kier alpha value is -4.58. The van der Waals surface area contributed by atoms with Crippen molar-refractivity contribution in [1.29, 1.82) is 5.26 Å². The molecule has 9 heteroatoms. The fourth-order valence-corrected chi connectivity index (χ4v) is 3.06. The van der Waals surface area contributed by atoms with Gasteiger partial charge in [-0.2, -0.15) is 5.26 Å². The van der Waals surface area contributed by atoms with E-state index in [2.05, 4.69) is 26.3 Å². The Morgan fingerprint density at radius 2 is 1.81 bits per heavy atom. The van der Waals surface area contributed by atoms with Crippen molar-refractivity contribution in [1.82, 2.24) is 19.4 Å². The summed E-state index contributed by atoms with van der Waals surface area (Å²) in [6.07, 6.45) is 6.45. The minimum atomic E-state index is -0.301. The van der Waals surface area contributed by atoms with Gasteiger partial charge in [-0.25, -0.2) is 15.0 Å². The molecule has 4 aromatic rings. The summed E-state index contributed by atoms with van der Waals surface area (Å²) in [6, 6.07) is 12.3. The van der Waals surface area contributed by atoms with Gasteiger partial charge in [0.2, 0.25) is 5.91 Å². The Bertz CT molecular complexity index is 1320. The number of fused-ring (bicyclic) bond motifs is 1. The molecule has 0 fully saturated rings. The molecule has 1 N–H and O–H groups in total. The number of pyridine rings is 1. The number of hydrogen-bond acceptors (Lipinski definition) is 6. The minimum Gasteiger partial charge on any atom is -0.311 e. The smallest absolute Gasteiger partial charge is 0.278 e. The molecular formula is C22H17N7O2. The zero-order valence-electron chi connectivity index (χ0n) is 16.8. The van der Waals surface area contributed by atoms with E-state index in [9.17, 15) is 9.59 Å². The van der Waals surface area contributed by atoms with E-state index >= 15 is 0 Å². The van der Waals surface area contributed by atoms with E-state index in [4.69, 9.17) is 5.26 Å². The van der Waals surface area contributed by atoms with Crippen LogP contribution in [0.4, 0.5) is 11.5 Å². The number of imidazole rings is 1. The summed E-state index contributed by atoms with van der Waals surface area (Å²) in [5.41, 5.74) is 3.49. The first-order valence-electron chi connectivity index (χ1n) is 9.31. The third kappa shape index (κ3) is 3.95. The molecule has 4 rings (SSSR count). The number of amides is 2. The molecule has 2 amide bonds. The summed E-state index contributed by atoms with van der Waals surface area (Å²) in [6.45, 7) is 1.42. The predicted molar refractivity (Wildman–Crippen MR) is 114 cm³/mol. The van der Waals surface area contributed by atoms with Crippen LogP contribution in [0.1, 0.15) is 23.0 Å². The molecule has 3 aromatic heterocycles. The highest BCUT2D eigenvalue weighted by molar-refractivity contribution is 6.04. The number of rotatable bonds is 4. The van der Waals surface area contributed by atoms with Gasteiger partial charge in [0.1, 0.15) is 11.5 Å². The molecule has 0 bridgehead atoms. The second-order valence-electron chi connectivity index (χ2n) is 6.78. The Labute approximate surface area is 177 Å². The van der Waals surface area contributed by atoms with Crippen LogP contribution >= 0.6 is 0 Å². The second kappa shape index (κ2) is 8.04. The van der Waals surface area contributed by atoms with E-state index in [0.29, 0.717) is 22.7 Å². The number of carbonyl (C=O) groups excluding carboxylic acids is 2. The van der Waals surface area contributed by atoms with Crippen LogP contribution in [0.5, 0.6) is 0 Å². The van der Waals surface area contributed by atoms with Crippen LogP contribution in [0.25, 0.3) is 16.9 Å². The van der Waals surface area contributed by atoms with E-state index < -0.39 is 0 Å². The largest absolute Gasteiger partial charge is 0.311 e. The lowest BCUT2D eigenvalue weighted by atomic mass is 10.2. The number of aromatic nitrogens is 4. The van der Waals surface area contributed by atoms with E-state index in [0.717, 1.165) is 11.3 Å². The Kier molecular flexibility index (Phi) is 5.12. The molecule has 0 spiro atoms. The predicted octanol–water partition coefficient (Wildman–Crippen LogP) is 2.90. The third-order valence-corrected chi connectivity index (χ3v) is 4.67. The number of nitriles is 1. The van der Waals surface area contributed by atoms with Crippen molar-refractivity contribution >= 4 is 29.0 Å². The lowest BCUT2D eigenvalue weighted by Crippen LogP contribution is -2.27. The van der Waals surface area contributed by atoms with Crippen LogP contribution in [0, 0.1) is 11.3 Å². The maximum atomic E-state index is 13.0. The van der Waals surface area contributed by atoms with Crippen LogP contribution in [-0.4, -0.2) is 38.2 Å². The SMILES string of the molecule is CC(=O)Nc1ccc(-c2cnc3cnc(C(=O)N(C)c4ccc(C#N)cc4)cn23)cn1. The van der Waals surface area contributed by atoms with Crippen molar-refractivity contribution < 1.29 is 9.59 Å².